The van der Waals surface area contributed by atoms with Gasteiger partial charge in [-0.3, -0.25) is 9.20 Å². The summed E-state index contributed by atoms with van der Waals surface area (Å²) in [5.41, 5.74) is 1.19. The van der Waals surface area contributed by atoms with Crippen molar-refractivity contribution in [2.75, 3.05) is 32.0 Å². The van der Waals surface area contributed by atoms with Crippen molar-refractivity contribution in [3.05, 3.63) is 35.9 Å². The standard InChI is InChI=1S/C20H35N3O2S/c1-6-21-19(23-14-16-26(24)20(3,4)5)22-13-10-15-25-17(2)18-11-8-7-9-12-18/h7-9,11-12,17H,6,10,13-16H2,1-5H3,(H2,21,22,23). The van der Waals surface area contributed by atoms with Crippen LogP contribution in [0.15, 0.2) is 35.3 Å². The van der Waals surface area contributed by atoms with E-state index >= 15 is 0 Å². The van der Waals surface area contributed by atoms with E-state index in [0.717, 1.165) is 18.9 Å². The van der Waals surface area contributed by atoms with E-state index in [1.165, 1.54) is 5.56 Å². The van der Waals surface area contributed by atoms with E-state index in [1.807, 2.05) is 45.9 Å². The Balaban J connectivity index is 2.29. The maximum Gasteiger partial charge on any atom is 0.191 e. The monoisotopic (exact) mass is 381 g/mol. The van der Waals surface area contributed by atoms with E-state index in [-0.39, 0.29) is 10.9 Å². The lowest BCUT2D eigenvalue weighted by atomic mass is 10.1. The number of hydrogen-bond donors (Lipinski definition) is 2. The fourth-order valence-corrected chi connectivity index (χ4v) is 3.15. The number of nitrogens with zero attached hydrogens (tertiary/aromatic N) is 1. The molecular weight excluding hydrogens is 346 g/mol. The molecule has 1 aromatic carbocycles. The van der Waals surface area contributed by atoms with Crippen molar-refractivity contribution in [2.24, 2.45) is 4.99 Å². The zero-order valence-corrected chi connectivity index (χ0v) is 17.7. The normalized spacial score (nSPS) is 14.7. The highest BCUT2D eigenvalue weighted by Gasteiger charge is 2.18. The van der Waals surface area contributed by atoms with Gasteiger partial charge in [-0.25, -0.2) is 0 Å². The van der Waals surface area contributed by atoms with E-state index in [1.54, 1.807) is 0 Å². The Bertz CT molecular complexity index is 556. The van der Waals surface area contributed by atoms with Gasteiger partial charge in [0.1, 0.15) is 0 Å². The van der Waals surface area contributed by atoms with E-state index in [4.69, 9.17) is 4.74 Å². The predicted molar refractivity (Wildman–Crippen MR) is 112 cm³/mol. The van der Waals surface area contributed by atoms with Crippen molar-refractivity contribution in [1.29, 1.82) is 0 Å². The highest BCUT2D eigenvalue weighted by atomic mass is 32.2. The summed E-state index contributed by atoms with van der Waals surface area (Å²) in [4.78, 5) is 4.56. The van der Waals surface area contributed by atoms with Gasteiger partial charge >= 0.3 is 0 Å². The molecule has 0 saturated carbocycles. The van der Waals surface area contributed by atoms with Crippen LogP contribution in [-0.2, 0) is 15.5 Å². The molecule has 0 radical (unpaired) electrons. The maximum absolute atomic E-state index is 12.1. The summed E-state index contributed by atoms with van der Waals surface area (Å²) in [6, 6.07) is 10.2. The summed E-state index contributed by atoms with van der Waals surface area (Å²) in [5.74, 6) is 1.39. The zero-order valence-electron chi connectivity index (χ0n) is 16.9. The van der Waals surface area contributed by atoms with Crippen LogP contribution in [0.25, 0.3) is 0 Å². The van der Waals surface area contributed by atoms with Crippen LogP contribution in [-0.4, -0.2) is 46.9 Å². The first-order valence-corrected chi connectivity index (χ1v) is 10.7. The van der Waals surface area contributed by atoms with Crippen LogP contribution < -0.4 is 10.6 Å². The van der Waals surface area contributed by atoms with Crippen LogP contribution in [0, 0.1) is 0 Å². The second kappa shape index (κ2) is 12.1. The molecule has 5 nitrogen and oxygen atoms in total. The van der Waals surface area contributed by atoms with Gasteiger partial charge in [0, 0.05) is 47.5 Å². The van der Waals surface area contributed by atoms with Crippen LogP contribution in [0.5, 0.6) is 0 Å². The molecule has 0 bridgehead atoms. The van der Waals surface area contributed by atoms with Gasteiger partial charge in [-0.15, -0.1) is 0 Å². The molecule has 2 unspecified atom stereocenters. The lowest BCUT2D eigenvalue weighted by Gasteiger charge is -2.18. The highest BCUT2D eigenvalue weighted by molar-refractivity contribution is 7.86. The van der Waals surface area contributed by atoms with E-state index in [2.05, 4.69) is 34.7 Å². The molecule has 0 aliphatic heterocycles. The minimum absolute atomic E-state index is 0.0962. The van der Waals surface area contributed by atoms with Crippen LogP contribution in [0.1, 0.15) is 52.7 Å². The first-order valence-electron chi connectivity index (χ1n) is 9.41. The van der Waals surface area contributed by atoms with E-state index < -0.39 is 10.8 Å². The Kier molecular flexibility index (Phi) is 10.5. The number of ether oxygens (including phenoxy) is 1. The molecular formula is C20H35N3O2S. The number of rotatable bonds is 10. The molecule has 1 rings (SSSR count). The quantitative estimate of drug-likeness (QED) is 0.371. The molecule has 2 N–H and O–H groups in total. The third-order valence-electron chi connectivity index (χ3n) is 3.82. The van der Waals surface area contributed by atoms with Crippen molar-refractivity contribution in [1.82, 2.24) is 10.6 Å². The summed E-state index contributed by atoms with van der Waals surface area (Å²) in [7, 11) is -0.855. The minimum atomic E-state index is -0.855. The Morgan fingerprint density at radius 3 is 2.54 bits per heavy atom. The lowest BCUT2D eigenvalue weighted by Crippen LogP contribution is -2.40. The molecule has 0 spiro atoms. The molecule has 6 heteroatoms. The molecule has 0 saturated heterocycles. The summed E-state index contributed by atoms with van der Waals surface area (Å²) < 4.78 is 17.8. The molecule has 26 heavy (non-hydrogen) atoms. The molecule has 1 aromatic rings. The van der Waals surface area contributed by atoms with Crippen molar-refractivity contribution in [3.63, 3.8) is 0 Å². The Morgan fingerprint density at radius 2 is 1.92 bits per heavy atom. The largest absolute Gasteiger partial charge is 0.374 e. The van der Waals surface area contributed by atoms with Gasteiger partial charge in [0.2, 0.25) is 0 Å². The fraction of sp³-hybridized carbons (Fsp3) is 0.650. The van der Waals surface area contributed by atoms with Crippen LogP contribution in [0.3, 0.4) is 0 Å². The van der Waals surface area contributed by atoms with Crippen molar-refractivity contribution >= 4 is 16.8 Å². The number of guanidine groups is 1. The second-order valence-electron chi connectivity index (χ2n) is 7.13. The Morgan fingerprint density at radius 1 is 1.23 bits per heavy atom. The molecule has 0 heterocycles. The Labute approximate surface area is 161 Å². The number of benzene rings is 1. The maximum atomic E-state index is 12.1. The van der Waals surface area contributed by atoms with Gasteiger partial charge in [0.25, 0.3) is 0 Å². The molecule has 0 aliphatic carbocycles. The molecule has 2 atom stereocenters. The summed E-state index contributed by atoms with van der Waals surface area (Å²) in [6.45, 7) is 12.9. The third-order valence-corrected chi connectivity index (χ3v) is 5.76. The number of aliphatic imine (C=N–C) groups is 1. The molecule has 0 fully saturated rings. The van der Waals surface area contributed by atoms with Gasteiger partial charge in [-0.1, -0.05) is 30.3 Å². The first-order chi connectivity index (χ1) is 12.3. The van der Waals surface area contributed by atoms with Gasteiger partial charge in [-0.2, -0.15) is 0 Å². The number of nitrogens with one attached hydrogen (secondary N) is 2. The predicted octanol–water partition coefficient (Wildman–Crippen LogP) is 3.26. The van der Waals surface area contributed by atoms with Crippen LogP contribution in [0.2, 0.25) is 0 Å². The topological polar surface area (TPSA) is 62.7 Å². The average molecular weight is 382 g/mol. The first kappa shape index (κ1) is 22.6. The van der Waals surface area contributed by atoms with Crippen molar-refractivity contribution < 1.29 is 8.95 Å². The molecule has 148 valence electrons. The lowest BCUT2D eigenvalue weighted by molar-refractivity contribution is 0.0652. The van der Waals surface area contributed by atoms with E-state index in [9.17, 15) is 4.21 Å². The minimum Gasteiger partial charge on any atom is -0.374 e. The molecule has 0 aliphatic rings. The van der Waals surface area contributed by atoms with Crippen LogP contribution >= 0.6 is 0 Å². The van der Waals surface area contributed by atoms with Gasteiger partial charge in [0.05, 0.1) is 6.10 Å². The summed E-state index contributed by atoms with van der Waals surface area (Å²) in [6.07, 6.45) is 0.959. The van der Waals surface area contributed by atoms with Gasteiger partial charge < -0.3 is 15.4 Å². The van der Waals surface area contributed by atoms with Gasteiger partial charge in [-0.05, 0) is 46.6 Å². The van der Waals surface area contributed by atoms with Crippen molar-refractivity contribution in [3.8, 4) is 0 Å². The molecule has 0 amide bonds. The van der Waals surface area contributed by atoms with Gasteiger partial charge in [0.15, 0.2) is 5.96 Å². The third kappa shape index (κ3) is 9.34. The van der Waals surface area contributed by atoms with Crippen molar-refractivity contribution in [2.45, 2.75) is 51.9 Å². The Hall–Kier alpha value is -1.40. The van der Waals surface area contributed by atoms with Crippen LogP contribution in [0.4, 0.5) is 0 Å². The molecule has 0 aromatic heterocycles. The fourth-order valence-electron chi connectivity index (χ4n) is 2.25. The number of hydrogen-bond acceptors (Lipinski definition) is 3. The SMILES string of the molecule is CCNC(=NCCCOC(C)c1ccccc1)NCCS(=O)C(C)(C)C. The second-order valence-corrected chi connectivity index (χ2v) is 9.45. The average Bonchev–Trinajstić information content (AvgIpc) is 2.61. The summed E-state index contributed by atoms with van der Waals surface area (Å²) >= 11 is 0. The van der Waals surface area contributed by atoms with E-state index in [0.29, 0.717) is 25.4 Å². The summed E-state index contributed by atoms with van der Waals surface area (Å²) in [5, 5.41) is 6.47. The zero-order chi connectivity index (χ0) is 19.4. The smallest absolute Gasteiger partial charge is 0.191 e. The highest BCUT2D eigenvalue weighted by Crippen LogP contribution is 2.15.